The van der Waals surface area contributed by atoms with Crippen LogP contribution in [-0.4, -0.2) is 54.1 Å². The summed E-state index contributed by atoms with van der Waals surface area (Å²) in [6.07, 6.45) is 1.40. The Kier molecular flexibility index (Phi) is 3.54. The predicted octanol–water partition coefficient (Wildman–Crippen LogP) is 0.00322. The van der Waals surface area contributed by atoms with Gasteiger partial charge in [-0.25, -0.2) is 14.4 Å². The maximum atomic E-state index is 14.0. The lowest BCUT2D eigenvalue weighted by molar-refractivity contribution is 0.267. The highest BCUT2D eigenvalue weighted by Gasteiger charge is 2.27. The van der Waals surface area contributed by atoms with E-state index in [1.807, 2.05) is 11.9 Å². The van der Waals surface area contributed by atoms with E-state index < -0.39 is 0 Å². The molecule has 1 saturated heterocycles. The van der Waals surface area contributed by atoms with Gasteiger partial charge in [0.1, 0.15) is 6.33 Å². The van der Waals surface area contributed by atoms with Crippen LogP contribution in [0.1, 0.15) is 5.69 Å². The van der Waals surface area contributed by atoms with Gasteiger partial charge in [0.05, 0.1) is 11.7 Å². The second-order valence-electron chi connectivity index (χ2n) is 4.44. The van der Waals surface area contributed by atoms with Crippen LogP contribution in [0.25, 0.3) is 0 Å². The van der Waals surface area contributed by atoms with Crippen molar-refractivity contribution in [2.24, 2.45) is 5.73 Å². The molecule has 2 heterocycles. The van der Waals surface area contributed by atoms with E-state index in [2.05, 4.69) is 14.9 Å². The van der Waals surface area contributed by atoms with E-state index in [0.29, 0.717) is 18.1 Å². The Labute approximate surface area is 100 Å². The highest BCUT2D eigenvalue weighted by Crippen LogP contribution is 2.21. The van der Waals surface area contributed by atoms with Gasteiger partial charge in [-0.2, -0.15) is 0 Å². The number of hydrogen-bond donors (Lipinski definition) is 1. The molecule has 1 unspecified atom stereocenters. The summed E-state index contributed by atoms with van der Waals surface area (Å²) in [7, 11) is 2.04. The maximum absolute atomic E-state index is 14.0. The van der Waals surface area contributed by atoms with Crippen LogP contribution >= 0.6 is 0 Å². The summed E-state index contributed by atoms with van der Waals surface area (Å²) in [6.45, 7) is 4.60. The van der Waals surface area contributed by atoms with Gasteiger partial charge in [0.2, 0.25) is 0 Å². The van der Waals surface area contributed by atoms with E-state index in [4.69, 9.17) is 5.73 Å². The minimum atomic E-state index is -0.337. The standard InChI is InChI=1S/C11H18FN5/c1-8-10(12)11(15-7-14-8)17-4-3-16(2)6-9(17)5-13/h7,9H,3-6,13H2,1-2H3. The minimum Gasteiger partial charge on any atom is -0.347 e. The predicted molar refractivity (Wildman–Crippen MR) is 64.4 cm³/mol. The smallest absolute Gasteiger partial charge is 0.186 e. The van der Waals surface area contributed by atoms with Gasteiger partial charge < -0.3 is 15.5 Å². The molecule has 0 aromatic carbocycles. The van der Waals surface area contributed by atoms with Crippen molar-refractivity contribution in [2.75, 3.05) is 38.1 Å². The first-order valence-electron chi connectivity index (χ1n) is 5.76. The highest BCUT2D eigenvalue weighted by molar-refractivity contribution is 5.43. The van der Waals surface area contributed by atoms with Gasteiger partial charge in [0.15, 0.2) is 11.6 Å². The number of nitrogens with zero attached hydrogens (tertiary/aromatic N) is 4. The van der Waals surface area contributed by atoms with Crippen LogP contribution < -0.4 is 10.6 Å². The van der Waals surface area contributed by atoms with Gasteiger partial charge in [-0.3, -0.25) is 0 Å². The third-order valence-corrected chi connectivity index (χ3v) is 3.18. The summed E-state index contributed by atoms with van der Waals surface area (Å²) in [5.74, 6) is 0.0385. The molecule has 0 bridgehead atoms. The zero-order chi connectivity index (χ0) is 12.4. The summed E-state index contributed by atoms with van der Waals surface area (Å²) in [5, 5.41) is 0. The summed E-state index contributed by atoms with van der Waals surface area (Å²) in [6, 6.07) is 0.109. The number of halogens is 1. The number of piperazine rings is 1. The quantitative estimate of drug-likeness (QED) is 0.787. The molecule has 0 saturated carbocycles. The first-order chi connectivity index (χ1) is 8.13. The van der Waals surface area contributed by atoms with Crippen molar-refractivity contribution >= 4 is 5.82 Å². The first kappa shape index (κ1) is 12.2. The maximum Gasteiger partial charge on any atom is 0.186 e. The summed E-state index contributed by atoms with van der Waals surface area (Å²) < 4.78 is 14.0. The molecule has 0 radical (unpaired) electrons. The van der Waals surface area contributed by atoms with Crippen LogP contribution in [0.4, 0.5) is 10.2 Å². The van der Waals surface area contributed by atoms with E-state index in [1.54, 1.807) is 6.92 Å². The normalized spacial score (nSPS) is 21.9. The van der Waals surface area contributed by atoms with E-state index in [0.717, 1.165) is 19.6 Å². The zero-order valence-corrected chi connectivity index (χ0v) is 10.2. The average Bonchev–Trinajstić information content (AvgIpc) is 2.33. The number of likely N-dealkylation sites (N-methyl/N-ethyl adjacent to an activating group) is 1. The second kappa shape index (κ2) is 4.93. The van der Waals surface area contributed by atoms with E-state index in [9.17, 15) is 4.39 Å². The Morgan fingerprint density at radius 1 is 1.47 bits per heavy atom. The fraction of sp³-hybridized carbons (Fsp3) is 0.636. The third-order valence-electron chi connectivity index (χ3n) is 3.18. The fourth-order valence-corrected chi connectivity index (χ4v) is 2.14. The topological polar surface area (TPSA) is 58.3 Å². The molecular formula is C11H18FN5. The number of aromatic nitrogens is 2. The lowest BCUT2D eigenvalue weighted by Gasteiger charge is -2.40. The van der Waals surface area contributed by atoms with Crippen molar-refractivity contribution in [3.05, 3.63) is 17.8 Å². The molecule has 94 valence electrons. The van der Waals surface area contributed by atoms with Crippen LogP contribution in [0.5, 0.6) is 0 Å². The lowest BCUT2D eigenvalue weighted by atomic mass is 10.1. The van der Waals surface area contributed by atoms with Crippen LogP contribution in [0.2, 0.25) is 0 Å². The largest absolute Gasteiger partial charge is 0.347 e. The van der Waals surface area contributed by atoms with Crippen molar-refractivity contribution in [1.82, 2.24) is 14.9 Å². The van der Waals surface area contributed by atoms with Gasteiger partial charge >= 0.3 is 0 Å². The molecule has 1 aliphatic heterocycles. The summed E-state index contributed by atoms with van der Waals surface area (Å²) in [5.41, 5.74) is 6.13. The molecular weight excluding hydrogens is 221 g/mol. The molecule has 0 aliphatic carbocycles. The number of aryl methyl sites for hydroxylation is 1. The van der Waals surface area contributed by atoms with Crippen LogP contribution in [0.15, 0.2) is 6.33 Å². The van der Waals surface area contributed by atoms with Gasteiger partial charge in [0.25, 0.3) is 0 Å². The van der Waals surface area contributed by atoms with Crippen molar-refractivity contribution in [3.63, 3.8) is 0 Å². The fourth-order valence-electron chi connectivity index (χ4n) is 2.14. The Morgan fingerprint density at radius 2 is 2.24 bits per heavy atom. The summed E-state index contributed by atoms with van der Waals surface area (Å²) in [4.78, 5) is 12.0. The Balaban J connectivity index is 2.28. The average molecular weight is 239 g/mol. The number of rotatable bonds is 2. The van der Waals surface area contributed by atoms with Crippen molar-refractivity contribution < 1.29 is 4.39 Å². The highest BCUT2D eigenvalue weighted by atomic mass is 19.1. The molecule has 5 nitrogen and oxygen atoms in total. The molecule has 0 spiro atoms. The van der Waals surface area contributed by atoms with Gasteiger partial charge in [-0.15, -0.1) is 0 Å². The van der Waals surface area contributed by atoms with Crippen LogP contribution in [0, 0.1) is 12.7 Å². The Morgan fingerprint density at radius 3 is 2.94 bits per heavy atom. The molecule has 2 rings (SSSR count). The number of anilines is 1. The lowest BCUT2D eigenvalue weighted by Crippen LogP contribution is -2.55. The second-order valence-corrected chi connectivity index (χ2v) is 4.44. The molecule has 1 fully saturated rings. The molecule has 17 heavy (non-hydrogen) atoms. The third kappa shape index (κ3) is 2.37. The van der Waals surface area contributed by atoms with Crippen molar-refractivity contribution in [3.8, 4) is 0 Å². The SMILES string of the molecule is Cc1ncnc(N2CCN(C)CC2CN)c1F. The van der Waals surface area contributed by atoms with Gasteiger partial charge in [-0.05, 0) is 14.0 Å². The Hall–Kier alpha value is -1.27. The molecule has 0 amide bonds. The van der Waals surface area contributed by atoms with E-state index >= 15 is 0 Å². The zero-order valence-electron chi connectivity index (χ0n) is 10.2. The van der Waals surface area contributed by atoms with Crippen LogP contribution in [-0.2, 0) is 0 Å². The van der Waals surface area contributed by atoms with Gasteiger partial charge in [0, 0.05) is 26.2 Å². The molecule has 2 N–H and O–H groups in total. The molecule has 1 atom stereocenters. The van der Waals surface area contributed by atoms with Crippen molar-refractivity contribution in [1.29, 1.82) is 0 Å². The molecule has 1 aromatic heterocycles. The summed E-state index contributed by atoms with van der Waals surface area (Å²) >= 11 is 0. The molecule has 1 aromatic rings. The van der Waals surface area contributed by atoms with E-state index in [-0.39, 0.29) is 11.9 Å². The molecule has 1 aliphatic rings. The van der Waals surface area contributed by atoms with Gasteiger partial charge in [-0.1, -0.05) is 0 Å². The Bertz CT molecular complexity index is 397. The van der Waals surface area contributed by atoms with E-state index in [1.165, 1.54) is 6.33 Å². The molecule has 6 heteroatoms. The monoisotopic (exact) mass is 239 g/mol. The van der Waals surface area contributed by atoms with Crippen LogP contribution in [0.3, 0.4) is 0 Å². The van der Waals surface area contributed by atoms with Crippen molar-refractivity contribution in [2.45, 2.75) is 13.0 Å². The number of hydrogen-bond acceptors (Lipinski definition) is 5. The number of nitrogens with two attached hydrogens (primary N) is 1. The minimum absolute atomic E-state index is 0.109. The first-order valence-corrected chi connectivity index (χ1v) is 5.76.